The topological polar surface area (TPSA) is 38.7 Å². The highest BCUT2D eigenvalue weighted by Crippen LogP contribution is 2.66. The van der Waals surface area contributed by atoms with Crippen LogP contribution < -0.4 is 0 Å². The highest BCUT2D eigenvalue weighted by Gasteiger charge is 2.55. The Morgan fingerprint density at radius 2 is 0.882 bits per heavy atom. The molecule has 0 N–H and O–H groups in total. The van der Waals surface area contributed by atoms with Gasteiger partial charge >= 0.3 is 0 Å². The molecular weight excluding hydrogens is 619 g/mol. The van der Waals surface area contributed by atoms with Crippen molar-refractivity contribution in [3.63, 3.8) is 0 Å². The van der Waals surface area contributed by atoms with Gasteiger partial charge < -0.3 is 0 Å². The minimum absolute atomic E-state index is 0.338. The van der Waals surface area contributed by atoms with E-state index >= 15 is 0 Å². The molecule has 4 bridgehead atoms. The van der Waals surface area contributed by atoms with E-state index in [4.69, 9.17) is 15.0 Å². The van der Waals surface area contributed by atoms with Gasteiger partial charge in [-0.15, -0.1) is 0 Å². The van der Waals surface area contributed by atoms with E-state index in [9.17, 15) is 0 Å². The van der Waals surface area contributed by atoms with Gasteiger partial charge in [-0.2, -0.15) is 0 Å². The SMILES string of the molecule is C1=CC2C3C=CC1c1cc4c(cc1C23)C1(c2ccccc2-c2ccc(-c3nc(-c5ccccc5)nc(-c5ccccc5)n3)cc21)c1ccccc1-4. The Morgan fingerprint density at radius 1 is 0.373 bits per heavy atom. The Labute approximate surface area is 296 Å². The standard InChI is InChI=1S/C48H31N3/c1-3-11-29(12-4-1)45-49-46(30-13-5-2-6-14-30)51-47(50-45)31-21-22-34-32-15-7-9-17-40(32)48(42(34)25-31)41-18-10-8-16-33(41)38-26-37-28-19-23-35-36(24-20-28)44(35)39(37)27-43(38)48/h1-28,35-36,44H. The van der Waals surface area contributed by atoms with Crippen LogP contribution in [0, 0.1) is 11.8 Å². The summed E-state index contributed by atoms with van der Waals surface area (Å²) < 4.78 is 0. The number of hydrogen-bond acceptors (Lipinski definition) is 3. The maximum absolute atomic E-state index is 5.15. The van der Waals surface area contributed by atoms with Crippen molar-refractivity contribution >= 4 is 0 Å². The van der Waals surface area contributed by atoms with Gasteiger partial charge in [0.25, 0.3) is 0 Å². The van der Waals surface area contributed by atoms with Gasteiger partial charge in [0.1, 0.15) is 0 Å². The summed E-state index contributed by atoms with van der Waals surface area (Å²) in [6.07, 6.45) is 9.88. The van der Waals surface area contributed by atoms with Crippen molar-refractivity contribution in [3.05, 3.63) is 197 Å². The number of nitrogens with zero attached hydrogens (tertiary/aromatic N) is 3. The van der Waals surface area contributed by atoms with Crippen molar-refractivity contribution in [3.8, 4) is 56.4 Å². The third kappa shape index (κ3) is 3.65. The van der Waals surface area contributed by atoms with Gasteiger partial charge in [-0.3, -0.25) is 0 Å². The Kier molecular flexibility index (Phi) is 5.39. The molecule has 1 aromatic heterocycles. The molecule has 238 valence electrons. The predicted octanol–water partition coefficient (Wildman–Crippen LogP) is 10.8. The van der Waals surface area contributed by atoms with Crippen LogP contribution in [0.4, 0.5) is 0 Å². The molecule has 0 saturated heterocycles. The zero-order valence-corrected chi connectivity index (χ0v) is 27.7. The fraction of sp³-hybridized carbons (Fsp3) is 0.104. The van der Waals surface area contributed by atoms with Crippen LogP contribution in [-0.2, 0) is 5.41 Å². The molecule has 7 aromatic rings. The van der Waals surface area contributed by atoms with E-state index in [0.29, 0.717) is 41.1 Å². The maximum atomic E-state index is 5.15. The van der Waals surface area contributed by atoms with Gasteiger partial charge in [0.05, 0.1) is 5.41 Å². The summed E-state index contributed by atoms with van der Waals surface area (Å²) in [5, 5.41) is 0. The van der Waals surface area contributed by atoms with Crippen LogP contribution in [0.1, 0.15) is 45.2 Å². The smallest absolute Gasteiger partial charge is 0.164 e. The van der Waals surface area contributed by atoms with E-state index in [-0.39, 0.29) is 0 Å². The quantitative estimate of drug-likeness (QED) is 0.179. The van der Waals surface area contributed by atoms with Gasteiger partial charge in [-0.1, -0.05) is 152 Å². The van der Waals surface area contributed by atoms with Gasteiger partial charge in [0.2, 0.25) is 0 Å². The molecule has 0 radical (unpaired) electrons. The zero-order chi connectivity index (χ0) is 33.3. The summed E-state index contributed by atoms with van der Waals surface area (Å²) in [5.74, 6) is 4.15. The fourth-order valence-corrected chi connectivity index (χ4v) is 9.91. The van der Waals surface area contributed by atoms with E-state index < -0.39 is 5.41 Å². The molecule has 0 aliphatic heterocycles. The summed E-state index contributed by atoms with van der Waals surface area (Å²) in [5.41, 5.74) is 16.2. The first-order chi connectivity index (χ1) is 25.3. The molecule has 3 heteroatoms. The second-order valence-electron chi connectivity index (χ2n) is 14.6. The molecule has 0 amide bonds. The van der Waals surface area contributed by atoms with Crippen molar-refractivity contribution in [1.82, 2.24) is 15.0 Å². The fourth-order valence-electron chi connectivity index (χ4n) is 9.91. The molecule has 6 aliphatic rings. The second-order valence-corrected chi connectivity index (χ2v) is 14.6. The molecule has 13 rings (SSSR count). The molecule has 1 saturated carbocycles. The van der Waals surface area contributed by atoms with Gasteiger partial charge in [-0.05, 0) is 85.5 Å². The van der Waals surface area contributed by atoms with Gasteiger partial charge in [-0.25, -0.2) is 15.0 Å². The summed E-state index contributed by atoms with van der Waals surface area (Å²) >= 11 is 0. The third-order valence-electron chi connectivity index (χ3n) is 12.2. The Morgan fingerprint density at radius 3 is 1.51 bits per heavy atom. The number of fused-ring (bicyclic) bond motifs is 10. The number of aromatic nitrogens is 3. The maximum Gasteiger partial charge on any atom is 0.164 e. The van der Waals surface area contributed by atoms with E-state index in [0.717, 1.165) is 16.7 Å². The molecule has 1 fully saturated rings. The van der Waals surface area contributed by atoms with Crippen LogP contribution in [-0.4, -0.2) is 15.0 Å². The lowest BCUT2D eigenvalue weighted by atomic mass is 9.69. The Bertz CT molecular complexity index is 2590. The van der Waals surface area contributed by atoms with Crippen LogP contribution in [0.25, 0.3) is 56.4 Å². The summed E-state index contributed by atoms with van der Waals surface area (Å²) in [7, 11) is 0. The van der Waals surface area contributed by atoms with Crippen LogP contribution >= 0.6 is 0 Å². The van der Waals surface area contributed by atoms with Crippen molar-refractivity contribution in [2.45, 2.75) is 17.3 Å². The van der Waals surface area contributed by atoms with Crippen molar-refractivity contribution in [2.75, 3.05) is 0 Å². The molecule has 1 spiro atoms. The Balaban J connectivity index is 1.13. The summed E-state index contributed by atoms with van der Waals surface area (Å²) in [6.45, 7) is 0. The summed E-state index contributed by atoms with van der Waals surface area (Å²) in [6, 6.07) is 50.7. The minimum atomic E-state index is -0.447. The first-order valence-electron chi connectivity index (χ1n) is 18.0. The van der Waals surface area contributed by atoms with Crippen molar-refractivity contribution < 1.29 is 0 Å². The Hall–Kier alpha value is -6.19. The van der Waals surface area contributed by atoms with Crippen LogP contribution in [0.5, 0.6) is 0 Å². The predicted molar refractivity (Wildman–Crippen MR) is 203 cm³/mol. The van der Waals surface area contributed by atoms with Crippen molar-refractivity contribution in [2.24, 2.45) is 11.8 Å². The molecule has 6 aliphatic carbocycles. The minimum Gasteiger partial charge on any atom is -0.208 e. The lowest BCUT2D eigenvalue weighted by molar-refractivity contribution is 0.789. The first-order valence-corrected chi connectivity index (χ1v) is 18.0. The van der Waals surface area contributed by atoms with E-state index in [2.05, 4.69) is 127 Å². The normalized spacial score (nSPS) is 23.2. The molecule has 1 heterocycles. The molecule has 3 atom stereocenters. The van der Waals surface area contributed by atoms with Crippen molar-refractivity contribution in [1.29, 1.82) is 0 Å². The van der Waals surface area contributed by atoms with Crippen LogP contribution in [0.15, 0.2) is 164 Å². The lowest BCUT2D eigenvalue weighted by Gasteiger charge is -2.31. The van der Waals surface area contributed by atoms with E-state index in [1.807, 2.05) is 36.4 Å². The third-order valence-corrected chi connectivity index (χ3v) is 12.2. The van der Waals surface area contributed by atoms with E-state index in [1.165, 1.54) is 55.6 Å². The number of hydrogen-bond donors (Lipinski definition) is 0. The van der Waals surface area contributed by atoms with Crippen LogP contribution in [0.2, 0.25) is 0 Å². The van der Waals surface area contributed by atoms with E-state index in [1.54, 1.807) is 0 Å². The summed E-state index contributed by atoms with van der Waals surface area (Å²) in [4.78, 5) is 15.3. The molecule has 51 heavy (non-hydrogen) atoms. The average molecular weight is 650 g/mol. The zero-order valence-electron chi connectivity index (χ0n) is 27.7. The second kappa shape index (κ2) is 9.95. The molecule has 6 aromatic carbocycles. The number of benzene rings is 6. The number of rotatable bonds is 3. The van der Waals surface area contributed by atoms with Gasteiger partial charge in [0, 0.05) is 22.6 Å². The number of allylic oxidation sites excluding steroid dienone is 4. The monoisotopic (exact) mass is 649 g/mol. The lowest BCUT2D eigenvalue weighted by Crippen LogP contribution is -2.26. The largest absolute Gasteiger partial charge is 0.208 e. The molecular formula is C48H31N3. The van der Waals surface area contributed by atoms with Crippen LogP contribution in [0.3, 0.4) is 0 Å². The molecule has 3 unspecified atom stereocenters. The highest BCUT2D eigenvalue weighted by atomic mass is 15.0. The first kappa shape index (κ1) is 27.6. The molecule has 3 nitrogen and oxygen atoms in total. The highest BCUT2D eigenvalue weighted by molar-refractivity contribution is 5.96. The average Bonchev–Trinajstić information content (AvgIpc) is 3.86. The van der Waals surface area contributed by atoms with Gasteiger partial charge in [0.15, 0.2) is 17.5 Å².